The van der Waals surface area contributed by atoms with E-state index in [9.17, 15) is 4.79 Å². The van der Waals surface area contributed by atoms with Crippen molar-refractivity contribution in [1.82, 2.24) is 4.90 Å². The molecule has 1 aliphatic heterocycles. The molecule has 0 aromatic carbocycles. The molecular formula is C9H17NO3. The average Bonchev–Trinajstić information content (AvgIpc) is 2.04. The number of aliphatic carboxylic acids is 1. The summed E-state index contributed by atoms with van der Waals surface area (Å²) in [4.78, 5) is 12.9. The van der Waals surface area contributed by atoms with Gasteiger partial charge in [-0.2, -0.15) is 0 Å². The van der Waals surface area contributed by atoms with Gasteiger partial charge in [-0.15, -0.1) is 0 Å². The Labute approximate surface area is 78.2 Å². The van der Waals surface area contributed by atoms with Crippen LogP contribution >= 0.6 is 0 Å². The molecule has 1 heterocycles. The van der Waals surface area contributed by atoms with Crippen molar-refractivity contribution < 1.29 is 15.0 Å². The van der Waals surface area contributed by atoms with Crippen LogP contribution in [0.1, 0.15) is 12.8 Å². The van der Waals surface area contributed by atoms with Gasteiger partial charge in [-0.25, -0.2) is 0 Å². The Morgan fingerprint density at radius 2 is 2.38 bits per heavy atom. The molecule has 4 nitrogen and oxygen atoms in total. The number of likely N-dealkylation sites (tertiary alicyclic amines) is 1. The van der Waals surface area contributed by atoms with Crippen molar-refractivity contribution in [1.29, 1.82) is 0 Å². The van der Waals surface area contributed by atoms with Gasteiger partial charge in [0.05, 0.1) is 12.5 Å². The highest BCUT2D eigenvalue weighted by molar-refractivity contribution is 5.70. The first-order valence-corrected chi connectivity index (χ1v) is 4.67. The molecule has 0 aromatic heterocycles. The van der Waals surface area contributed by atoms with E-state index in [1.807, 2.05) is 7.05 Å². The first-order chi connectivity index (χ1) is 6.15. The minimum Gasteiger partial charge on any atom is -0.481 e. The van der Waals surface area contributed by atoms with Crippen LogP contribution in [0, 0.1) is 11.8 Å². The third-order valence-corrected chi connectivity index (χ3v) is 2.74. The third kappa shape index (κ3) is 2.67. The number of carbonyl (C=O) groups is 1. The van der Waals surface area contributed by atoms with Crippen LogP contribution in [0.3, 0.4) is 0 Å². The van der Waals surface area contributed by atoms with Gasteiger partial charge in [0, 0.05) is 6.54 Å². The number of piperidine rings is 1. The first kappa shape index (κ1) is 10.5. The van der Waals surface area contributed by atoms with E-state index in [-0.39, 0.29) is 12.5 Å². The summed E-state index contributed by atoms with van der Waals surface area (Å²) in [5.41, 5.74) is 0. The van der Waals surface area contributed by atoms with Crippen LogP contribution in [0.2, 0.25) is 0 Å². The van der Waals surface area contributed by atoms with Crippen LogP contribution in [-0.4, -0.2) is 47.8 Å². The standard InChI is InChI=1S/C9H17NO3/c1-10-4-2-3-7(5-10)8(6-11)9(12)13/h7-8,11H,2-6H2,1H3,(H,12,13). The van der Waals surface area contributed by atoms with Crippen molar-refractivity contribution in [3.8, 4) is 0 Å². The summed E-state index contributed by atoms with van der Waals surface area (Å²) in [5, 5.41) is 17.8. The van der Waals surface area contributed by atoms with Crippen LogP contribution in [0.5, 0.6) is 0 Å². The molecule has 76 valence electrons. The lowest BCUT2D eigenvalue weighted by Gasteiger charge is -2.32. The Morgan fingerprint density at radius 3 is 2.85 bits per heavy atom. The Hall–Kier alpha value is -0.610. The van der Waals surface area contributed by atoms with Crippen molar-refractivity contribution in [3.05, 3.63) is 0 Å². The lowest BCUT2D eigenvalue weighted by atomic mass is 9.86. The molecule has 2 unspecified atom stereocenters. The minimum absolute atomic E-state index is 0.112. The van der Waals surface area contributed by atoms with Crippen molar-refractivity contribution in [2.24, 2.45) is 11.8 Å². The molecule has 2 N–H and O–H groups in total. The largest absolute Gasteiger partial charge is 0.481 e. The number of nitrogens with zero attached hydrogens (tertiary/aromatic N) is 1. The molecule has 0 radical (unpaired) electrons. The molecule has 13 heavy (non-hydrogen) atoms. The number of hydrogen-bond acceptors (Lipinski definition) is 3. The highest BCUT2D eigenvalue weighted by atomic mass is 16.4. The van der Waals surface area contributed by atoms with Gasteiger partial charge in [0.2, 0.25) is 0 Å². The predicted octanol–water partition coefficient (Wildman–Crippen LogP) is 0.0213. The zero-order valence-corrected chi connectivity index (χ0v) is 7.94. The number of hydrogen-bond donors (Lipinski definition) is 2. The van der Waals surface area contributed by atoms with E-state index in [0.717, 1.165) is 25.9 Å². The monoisotopic (exact) mass is 187 g/mol. The average molecular weight is 187 g/mol. The van der Waals surface area contributed by atoms with Gasteiger partial charge in [-0.05, 0) is 32.4 Å². The molecule has 2 atom stereocenters. The maximum atomic E-state index is 10.8. The Morgan fingerprint density at radius 1 is 1.69 bits per heavy atom. The van der Waals surface area contributed by atoms with E-state index in [1.54, 1.807) is 0 Å². The summed E-state index contributed by atoms with van der Waals surface area (Å²) in [6.45, 7) is 1.58. The smallest absolute Gasteiger partial charge is 0.309 e. The van der Waals surface area contributed by atoms with Crippen molar-refractivity contribution in [2.45, 2.75) is 12.8 Å². The second-order valence-corrected chi connectivity index (χ2v) is 3.79. The molecule has 0 amide bonds. The first-order valence-electron chi connectivity index (χ1n) is 4.67. The van der Waals surface area contributed by atoms with Gasteiger partial charge >= 0.3 is 5.97 Å². The van der Waals surface area contributed by atoms with E-state index in [2.05, 4.69) is 4.90 Å². The lowest BCUT2D eigenvalue weighted by Crippen LogP contribution is -2.39. The molecule has 1 aliphatic rings. The van der Waals surface area contributed by atoms with Gasteiger partial charge < -0.3 is 15.1 Å². The number of aliphatic hydroxyl groups is 1. The fraction of sp³-hybridized carbons (Fsp3) is 0.889. The fourth-order valence-electron chi connectivity index (χ4n) is 1.96. The van der Waals surface area contributed by atoms with Crippen molar-refractivity contribution in [3.63, 3.8) is 0 Å². The summed E-state index contributed by atoms with van der Waals surface area (Å²) < 4.78 is 0. The summed E-state index contributed by atoms with van der Waals surface area (Å²) in [6.07, 6.45) is 1.95. The zero-order valence-electron chi connectivity index (χ0n) is 7.94. The quantitative estimate of drug-likeness (QED) is 0.654. The summed E-state index contributed by atoms with van der Waals surface area (Å²) in [7, 11) is 1.99. The van der Waals surface area contributed by atoms with E-state index in [0.29, 0.717) is 0 Å². The topological polar surface area (TPSA) is 60.8 Å². The van der Waals surface area contributed by atoms with Crippen molar-refractivity contribution in [2.75, 3.05) is 26.7 Å². The van der Waals surface area contributed by atoms with E-state index in [1.165, 1.54) is 0 Å². The number of aliphatic hydroxyl groups excluding tert-OH is 1. The van der Waals surface area contributed by atoms with E-state index >= 15 is 0 Å². The Bertz CT molecular complexity index is 184. The predicted molar refractivity (Wildman–Crippen MR) is 48.4 cm³/mol. The second-order valence-electron chi connectivity index (χ2n) is 3.79. The molecule has 4 heteroatoms. The van der Waals surface area contributed by atoms with Crippen LogP contribution < -0.4 is 0 Å². The number of rotatable bonds is 3. The normalized spacial score (nSPS) is 27.1. The van der Waals surface area contributed by atoms with Crippen LogP contribution in [0.15, 0.2) is 0 Å². The molecule has 0 aliphatic carbocycles. The minimum atomic E-state index is -0.872. The third-order valence-electron chi connectivity index (χ3n) is 2.74. The maximum absolute atomic E-state index is 10.8. The van der Waals surface area contributed by atoms with Gasteiger partial charge in [0.25, 0.3) is 0 Å². The summed E-state index contributed by atoms with van der Waals surface area (Å²) in [5.74, 6) is -1.34. The highest BCUT2D eigenvalue weighted by Gasteiger charge is 2.30. The summed E-state index contributed by atoms with van der Waals surface area (Å²) in [6, 6.07) is 0. The molecule has 0 bridgehead atoms. The molecule has 0 spiro atoms. The second kappa shape index (κ2) is 4.58. The number of carboxylic acids is 1. The molecule has 1 saturated heterocycles. The van der Waals surface area contributed by atoms with Gasteiger partial charge in [0.15, 0.2) is 0 Å². The van der Waals surface area contributed by atoms with Crippen LogP contribution in [0.25, 0.3) is 0 Å². The molecule has 1 fully saturated rings. The van der Waals surface area contributed by atoms with Crippen LogP contribution in [-0.2, 0) is 4.79 Å². The zero-order chi connectivity index (χ0) is 9.84. The van der Waals surface area contributed by atoms with E-state index in [4.69, 9.17) is 10.2 Å². The van der Waals surface area contributed by atoms with Gasteiger partial charge in [-0.1, -0.05) is 0 Å². The number of carboxylic acid groups (broad SMARTS) is 1. The molecule has 0 saturated carbocycles. The maximum Gasteiger partial charge on any atom is 0.309 e. The van der Waals surface area contributed by atoms with Gasteiger partial charge in [0.1, 0.15) is 0 Å². The van der Waals surface area contributed by atoms with Gasteiger partial charge in [-0.3, -0.25) is 4.79 Å². The Kier molecular flexibility index (Phi) is 3.69. The van der Waals surface area contributed by atoms with E-state index < -0.39 is 11.9 Å². The fourth-order valence-corrected chi connectivity index (χ4v) is 1.96. The Balaban J connectivity index is 2.52. The van der Waals surface area contributed by atoms with Crippen LogP contribution in [0.4, 0.5) is 0 Å². The highest BCUT2D eigenvalue weighted by Crippen LogP contribution is 2.23. The van der Waals surface area contributed by atoms with Crippen molar-refractivity contribution >= 4 is 5.97 Å². The molecule has 0 aromatic rings. The summed E-state index contributed by atoms with van der Waals surface area (Å²) >= 11 is 0. The molecule has 1 rings (SSSR count). The lowest BCUT2D eigenvalue weighted by molar-refractivity contribution is -0.146. The SMILES string of the molecule is CN1CCCC(C(CO)C(=O)O)C1. The molecular weight excluding hydrogens is 170 g/mol.